The first kappa shape index (κ1) is 12.8. The van der Waals surface area contributed by atoms with Crippen molar-refractivity contribution in [2.75, 3.05) is 5.33 Å². The van der Waals surface area contributed by atoms with Crippen LogP contribution >= 0.6 is 27.5 Å². The van der Waals surface area contributed by atoms with Crippen LogP contribution in [0.4, 0.5) is 0 Å². The molecule has 0 atom stereocenters. The summed E-state index contributed by atoms with van der Waals surface area (Å²) >= 11 is 9.57. The van der Waals surface area contributed by atoms with Gasteiger partial charge in [0.15, 0.2) is 0 Å². The monoisotopic (exact) mass is 290 g/mol. The lowest BCUT2D eigenvalue weighted by Crippen LogP contribution is -1.91. The highest BCUT2D eigenvalue weighted by atomic mass is 79.9. The molecule has 0 aliphatic heterocycles. The Bertz CT molecular complexity index is 369. The highest BCUT2D eigenvalue weighted by Gasteiger charge is 2.10. The van der Waals surface area contributed by atoms with Gasteiger partial charge in [0, 0.05) is 17.9 Å². The third-order valence-electron chi connectivity index (χ3n) is 2.33. The summed E-state index contributed by atoms with van der Waals surface area (Å²) in [5.74, 6) is 0. The van der Waals surface area contributed by atoms with Crippen LogP contribution in [0.15, 0.2) is 11.6 Å². The lowest BCUT2D eigenvalue weighted by atomic mass is 10.1. The van der Waals surface area contributed by atoms with Gasteiger partial charge in [-0.15, -0.1) is 0 Å². The lowest BCUT2D eigenvalue weighted by Gasteiger charge is -2.01. The SMILES string of the molecule is CC(=CCCBr)Cc1c(C)nn(C)c1Cl. The molecule has 4 heteroatoms. The molecule has 0 N–H and O–H groups in total. The van der Waals surface area contributed by atoms with E-state index in [1.54, 1.807) is 4.68 Å². The summed E-state index contributed by atoms with van der Waals surface area (Å²) in [7, 11) is 1.87. The van der Waals surface area contributed by atoms with Crippen LogP contribution in [0.25, 0.3) is 0 Å². The standard InChI is InChI=1S/C11H16BrClN2/c1-8(5-4-6-12)7-10-9(2)14-15(3)11(10)13/h5H,4,6-7H2,1-3H3. The minimum Gasteiger partial charge on any atom is -0.257 e. The number of allylic oxidation sites excluding steroid dienone is 2. The third kappa shape index (κ3) is 3.35. The van der Waals surface area contributed by atoms with E-state index in [0.29, 0.717) is 0 Å². The zero-order chi connectivity index (χ0) is 11.4. The number of hydrogen-bond donors (Lipinski definition) is 0. The Kier molecular flexibility index (Phi) is 4.87. The predicted molar refractivity (Wildman–Crippen MR) is 68.8 cm³/mol. The van der Waals surface area contributed by atoms with Crippen LogP contribution in [0.5, 0.6) is 0 Å². The first-order valence-electron chi connectivity index (χ1n) is 4.95. The van der Waals surface area contributed by atoms with E-state index >= 15 is 0 Å². The fourth-order valence-electron chi connectivity index (χ4n) is 1.53. The number of hydrogen-bond acceptors (Lipinski definition) is 1. The molecule has 0 aliphatic rings. The molecule has 1 heterocycles. The molecule has 1 aromatic heterocycles. The molecule has 2 nitrogen and oxygen atoms in total. The largest absolute Gasteiger partial charge is 0.257 e. The second kappa shape index (κ2) is 5.71. The fraction of sp³-hybridized carbons (Fsp3) is 0.545. The highest BCUT2D eigenvalue weighted by molar-refractivity contribution is 9.09. The number of rotatable bonds is 4. The molecule has 0 saturated heterocycles. The van der Waals surface area contributed by atoms with Crippen molar-refractivity contribution in [2.24, 2.45) is 7.05 Å². The Morgan fingerprint density at radius 1 is 1.60 bits per heavy atom. The maximum atomic E-state index is 6.16. The molecule has 0 aromatic carbocycles. The van der Waals surface area contributed by atoms with E-state index < -0.39 is 0 Å². The van der Waals surface area contributed by atoms with Gasteiger partial charge in [0.2, 0.25) is 0 Å². The number of halogens is 2. The zero-order valence-electron chi connectivity index (χ0n) is 9.35. The smallest absolute Gasteiger partial charge is 0.130 e. The van der Waals surface area contributed by atoms with Gasteiger partial charge < -0.3 is 0 Å². The zero-order valence-corrected chi connectivity index (χ0v) is 11.7. The molecular formula is C11H16BrClN2. The second-order valence-electron chi connectivity index (χ2n) is 3.68. The predicted octanol–water partition coefficient (Wildman–Crippen LogP) is 3.66. The normalized spacial score (nSPS) is 12.2. The number of aromatic nitrogens is 2. The minimum atomic E-state index is 0.749. The third-order valence-corrected chi connectivity index (χ3v) is 3.26. The molecule has 0 bridgehead atoms. The van der Waals surface area contributed by atoms with Crippen LogP contribution < -0.4 is 0 Å². The maximum absolute atomic E-state index is 6.16. The summed E-state index contributed by atoms with van der Waals surface area (Å²) in [5.41, 5.74) is 3.50. The number of nitrogens with zero attached hydrogens (tertiary/aromatic N) is 2. The van der Waals surface area contributed by atoms with Crippen LogP contribution in [0.1, 0.15) is 24.6 Å². The topological polar surface area (TPSA) is 17.8 Å². The molecule has 1 aromatic rings. The quantitative estimate of drug-likeness (QED) is 0.611. The summed E-state index contributed by atoms with van der Waals surface area (Å²) in [6, 6.07) is 0. The summed E-state index contributed by atoms with van der Waals surface area (Å²) < 4.78 is 1.73. The molecular weight excluding hydrogens is 275 g/mol. The average Bonchev–Trinajstić information content (AvgIpc) is 2.42. The van der Waals surface area contributed by atoms with Gasteiger partial charge in [0.25, 0.3) is 0 Å². The molecule has 84 valence electrons. The van der Waals surface area contributed by atoms with Gasteiger partial charge in [-0.25, -0.2) is 0 Å². The van der Waals surface area contributed by atoms with Crippen LogP contribution in [0.2, 0.25) is 5.15 Å². The van der Waals surface area contributed by atoms with Gasteiger partial charge in [0.1, 0.15) is 5.15 Å². The van der Waals surface area contributed by atoms with Crippen molar-refractivity contribution in [3.8, 4) is 0 Å². The summed E-state index contributed by atoms with van der Waals surface area (Å²) in [6.07, 6.45) is 4.19. The van der Waals surface area contributed by atoms with Crippen LogP contribution in [0, 0.1) is 6.92 Å². The van der Waals surface area contributed by atoms with E-state index in [0.717, 1.165) is 34.6 Å². The Labute approximate surface area is 104 Å². The van der Waals surface area contributed by atoms with E-state index in [9.17, 15) is 0 Å². The molecule has 0 unspecified atom stereocenters. The molecule has 0 fully saturated rings. The average molecular weight is 292 g/mol. The second-order valence-corrected chi connectivity index (χ2v) is 4.83. The molecule has 0 saturated carbocycles. The van der Waals surface area contributed by atoms with Crippen molar-refractivity contribution >= 4 is 27.5 Å². The van der Waals surface area contributed by atoms with Crippen LogP contribution in [-0.4, -0.2) is 15.1 Å². The van der Waals surface area contributed by atoms with E-state index in [-0.39, 0.29) is 0 Å². The van der Waals surface area contributed by atoms with Crippen LogP contribution in [-0.2, 0) is 13.5 Å². The summed E-state index contributed by atoms with van der Waals surface area (Å²) in [6.45, 7) is 4.13. The summed E-state index contributed by atoms with van der Waals surface area (Å²) in [4.78, 5) is 0. The Balaban J connectivity index is 2.80. The molecule has 1 rings (SSSR count). The van der Waals surface area contributed by atoms with Gasteiger partial charge in [-0.05, 0) is 26.7 Å². The van der Waals surface area contributed by atoms with Crippen molar-refractivity contribution in [2.45, 2.75) is 26.7 Å². The molecule has 15 heavy (non-hydrogen) atoms. The van der Waals surface area contributed by atoms with E-state index in [1.165, 1.54) is 5.57 Å². The molecule has 0 amide bonds. The van der Waals surface area contributed by atoms with E-state index in [1.807, 2.05) is 14.0 Å². The fourth-order valence-corrected chi connectivity index (χ4v) is 2.00. The maximum Gasteiger partial charge on any atom is 0.130 e. The van der Waals surface area contributed by atoms with Crippen LogP contribution in [0.3, 0.4) is 0 Å². The lowest BCUT2D eigenvalue weighted by molar-refractivity contribution is 0.757. The summed E-state index contributed by atoms with van der Waals surface area (Å²) in [5, 5.41) is 6.05. The van der Waals surface area contributed by atoms with Gasteiger partial charge >= 0.3 is 0 Å². The Morgan fingerprint density at radius 2 is 2.27 bits per heavy atom. The first-order valence-corrected chi connectivity index (χ1v) is 6.45. The molecule has 0 aliphatic carbocycles. The van der Waals surface area contributed by atoms with Crippen molar-refractivity contribution in [3.63, 3.8) is 0 Å². The van der Waals surface area contributed by atoms with E-state index in [4.69, 9.17) is 11.6 Å². The minimum absolute atomic E-state index is 0.749. The van der Waals surface area contributed by atoms with Gasteiger partial charge in [-0.3, -0.25) is 4.68 Å². The first-order chi connectivity index (χ1) is 7.06. The molecule has 0 spiro atoms. The Hall–Kier alpha value is -0.280. The van der Waals surface area contributed by atoms with Gasteiger partial charge in [-0.1, -0.05) is 39.2 Å². The van der Waals surface area contributed by atoms with Crippen molar-refractivity contribution in [1.29, 1.82) is 0 Å². The number of aryl methyl sites for hydroxylation is 2. The van der Waals surface area contributed by atoms with Crippen molar-refractivity contribution in [1.82, 2.24) is 9.78 Å². The Morgan fingerprint density at radius 3 is 2.73 bits per heavy atom. The van der Waals surface area contributed by atoms with Crippen molar-refractivity contribution < 1.29 is 0 Å². The van der Waals surface area contributed by atoms with Gasteiger partial charge in [-0.2, -0.15) is 5.10 Å². The number of alkyl halides is 1. The van der Waals surface area contributed by atoms with Crippen molar-refractivity contribution in [3.05, 3.63) is 28.1 Å². The highest BCUT2D eigenvalue weighted by Crippen LogP contribution is 2.21. The van der Waals surface area contributed by atoms with Gasteiger partial charge in [0.05, 0.1) is 5.69 Å². The molecule has 0 radical (unpaired) electrons. The van der Waals surface area contributed by atoms with E-state index in [2.05, 4.69) is 34.0 Å².